The minimum Gasteiger partial charge on any atom is -0.481 e. The number of rotatable bonds is 10. The van der Waals surface area contributed by atoms with Gasteiger partial charge in [-0.15, -0.1) is 0 Å². The largest absolute Gasteiger partial charge is 0.481 e. The quantitative estimate of drug-likeness (QED) is 0.623. The molecule has 0 radical (unpaired) electrons. The van der Waals surface area contributed by atoms with Gasteiger partial charge in [-0.1, -0.05) is 52.4 Å². The monoisotopic (exact) mass is 297 g/mol. The number of likely N-dealkylation sites (tertiary alicyclic amines) is 1. The highest BCUT2D eigenvalue weighted by atomic mass is 16.4. The third-order valence-electron chi connectivity index (χ3n) is 4.83. The summed E-state index contributed by atoms with van der Waals surface area (Å²) in [6.07, 6.45) is 10.2. The average Bonchev–Trinajstić information content (AvgIpc) is 2.92. The molecule has 122 valence electrons. The van der Waals surface area contributed by atoms with Crippen molar-refractivity contribution in [2.75, 3.05) is 13.1 Å². The van der Waals surface area contributed by atoms with E-state index in [0.717, 1.165) is 12.8 Å². The van der Waals surface area contributed by atoms with E-state index in [4.69, 9.17) is 0 Å². The molecule has 1 aliphatic heterocycles. The highest BCUT2D eigenvalue weighted by molar-refractivity contribution is 5.80. The molecule has 1 aliphatic rings. The molecule has 1 amide bonds. The second-order valence-electron chi connectivity index (χ2n) is 6.38. The second-order valence-corrected chi connectivity index (χ2v) is 6.38. The highest BCUT2D eigenvalue weighted by Crippen LogP contribution is 2.34. The van der Waals surface area contributed by atoms with Crippen molar-refractivity contribution in [1.82, 2.24) is 4.90 Å². The van der Waals surface area contributed by atoms with Crippen LogP contribution in [0.25, 0.3) is 0 Å². The molecule has 0 spiro atoms. The van der Waals surface area contributed by atoms with Crippen molar-refractivity contribution in [3.63, 3.8) is 0 Å². The number of aliphatic carboxylic acids is 1. The molecule has 1 saturated heterocycles. The van der Waals surface area contributed by atoms with Crippen LogP contribution in [0.4, 0.5) is 0 Å². The summed E-state index contributed by atoms with van der Waals surface area (Å²) < 4.78 is 0. The van der Waals surface area contributed by atoms with Gasteiger partial charge in [-0.3, -0.25) is 9.59 Å². The van der Waals surface area contributed by atoms with Crippen LogP contribution in [0, 0.1) is 5.41 Å². The summed E-state index contributed by atoms with van der Waals surface area (Å²) in [5.41, 5.74) is -0.699. The van der Waals surface area contributed by atoms with E-state index in [1.807, 2.05) is 6.92 Å². The molecule has 21 heavy (non-hydrogen) atoms. The number of nitrogens with zero attached hydrogens (tertiary/aromatic N) is 1. The lowest BCUT2D eigenvalue weighted by molar-refractivity contribution is -0.148. The van der Waals surface area contributed by atoms with Gasteiger partial charge in [0.1, 0.15) is 0 Å². The predicted molar refractivity (Wildman–Crippen MR) is 84.2 cm³/mol. The van der Waals surface area contributed by atoms with Crippen molar-refractivity contribution in [3.05, 3.63) is 0 Å². The molecule has 4 nitrogen and oxygen atoms in total. The number of amides is 1. The summed E-state index contributed by atoms with van der Waals surface area (Å²) in [5.74, 6) is -0.614. The molecule has 1 fully saturated rings. The first-order chi connectivity index (χ1) is 10.1. The van der Waals surface area contributed by atoms with Crippen molar-refractivity contribution < 1.29 is 14.7 Å². The molecule has 0 aromatic carbocycles. The number of unbranched alkanes of at least 4 members (excludes halogenated alkanes) is 6. The van der Waals surface area contributed by atoms with Gasteiger partial charge in [0.15, 0.2) is 0 Å². The Kier molecular flexibility index (Phi) is 7.76. The van der Waals surface area contributed by atoms with Crippen molar-refractivity contribution in [1.29, 1.82) is 0 Å². The molecule has 4 heteroatoms. The fraction of sp³-hybridized carbons (Fsp3) is 0.882. The topological polar surface area (TPSA) is 57.6 Å². The minimum atomic E-state index is -0.753. The van der Waals surface area contributed by atoms with Gasteiger partial charge in [0.25, 0.3) is 0 Å². The molecule has 1 heterocycles. The fourth-order valence-corrected chi connectivity index (χ4v) is 3.09. The Morgan fingerprint density at radius 2 is 1.67 bits per heavy atom. The minimum absolute atomic E-state index is 0.139. The van der Waals surface area contributed by atoms with Crippen LogP contribution in [0.1, 0.15) is 78.1 Å². The molecule has 1 rings (SSSR count). The van der Waals surface area contributed by atoms with Crippen molar-refractivity contribution >= 4 is 11.9 Å². The Morgan fingerprint density at radius 1 is 1.05 bits per heavy atom. The molecule has 0 aliphatic carbocycles. The van der Waals surface area contributed by atoms with Crippen LogP contribution in [0.5, 0.6) is 0 Å². The van der Waals surface area contributed by atoms with Gasteiger partial charge >= 0.3 is 5.97 Å². The number of carboxylic acid groups (broad SMARTS) is 1. The molecule has 1 atom stereocenters. The summed E-state index contributed by atoms with van der Waals surface area (Å²) in [5, 5.41) is 9.34. The van der Waals surface area contributed by atoms with Crippen molar-refractivity contribution in [2.45, 2.75) is 78.1 Å². The van der Waals surface area contributed by atoms with Gasteiger partial charge in [-0.25, -0.2) is 0 Å². The van der Waals surface area contributed by atoms with Gasteiger partial charge in [0.05, 0.1) is 5.41 Å². The van der Waals surface area contributed by atoms with E-state index in [0.29, 0.717) is 32.4 Å². The summed E-state index contributed by atoms with van der Waals surface area (Å²) >= 11 is 0. The molecular formula is C17H31NO3. The third-order valence-corrected chi connectivity index (χ3v) is 4.83. The molecular weight excluding hydrogens is 266 g/mol. The van der Waals surface area contributed by atoms with Crippen molar-refractivity contribution in [2.24, 2.45) is 5.41 Å². The SMILES string of the molecule is CCCCCCCCCC(=O)N1CCC(CC)(C(=O)O)C1. The summed E-state index contributed by atoms with van der Waals surface area (Å²) in [7, 11) is 0. The van der Waals surface area contributed by atoms with Crippen LogP contribution in [-0.2, 0) is 9.59 Å². The van der Waals surface area contributed by atoms with E-state index in [9.17, 15) is 14.7 Å². The predicted octanol–water partition coefficient (Wildman–Crippen LogP) is 3.84. The van der Waals surface area contributed by atoms with E-state index in [-0.39, 0.29) is 5.91 Å². The number of hydrogen-bond donors (Lipinski definition) is 1. The van der Waals surface area contributed by atoms with E-state index >= 15 is 0 Å². The maximum Gasteiger partial charge on any atom is 0.311 e. The standard InChI is InChI=1S/C17H31NO3/c1-3-5-6-7-8-9-10-11-15(19)18-13-12-17(4-2,14-18)16(20)21/h3-14H2,1-2H3,(H,20,21). The van der Waals surface area contributed by atoms with Crippen LogP contribution < -0.4 is 0 Å². The smallest absolute Gasteiger partial charge is 0.311 e. The zero-order valence-electron chi connectivity index (χ0n) is 13.7. The van der Waals surface area contributed by atoms with E-state index in [2.05, 4.69) is 6.92 Å². The number of carbonyl (C=O) groups is 2. The van der Waals surface area contributed by atoms with Gasteiger partial charge in [0, 0.05) is 19.5 Å². The molecule has 1 unspecified atom stereocenters. The Balaban J connectivity index is 2.20. The number of hydrogen-bond acceptors (Lipinski definition) is 2. The second kappa shape index (κ2) is 9.06. The normalized spacial score (nSPS) is 21.7. The molecule has 0 bridgehead atoms. The first-order valence-corrected chi connectivity index (χ1v) is 8.57. The first kappa shape index (κ1) is 18.0. The Hall–Kier alpha value is -1.06. The maximum atomic E-state index is 12.1. The van der Waals surface area contributed by atoms with Gasteiger partial charge in [-0.2, -0.15) is 0 Å². The van der Waals surface area contributed by atoms with Crippen LogP contribution >= 0.6 is 0 Å². The lowest BCUT2D eigenvalue weighted by Gasteiger charge is -2.23. The molecule has 0 aromatic heterocycles. The molecule has 0 aromatic rings. The highest BCUT2D eigenvalue weighted by Gasteiger charge is 2.44. The van der Waals surface area contributed by atoms with Gasteiger partial charge in [-0.05, 0) is 19.3 Å². The molecule has 0 saturated carbocycles. The number of carboxylic acids is 1. The van der Waals surface area contributed by atoms with E-state index < -0.39 is 11.4 Å². The fourth-order valence-electron chi connectivity index (χ4n) is 3.09. The van der Waals surface area contributed by atoms with Gasteiger partial charge < -0.3 is 10.0 Å². The van der Waals surface area contributed by atoms with Crippen LogP contribution in [-0.4, -0.2) is 35.0 Å². The lowest BCUT2D eigenvalue weighted by Crippen LogP contribution is -2.36. The molecule has 1 N–H and O–H groups in total. The number of carbonyl (C=O) groups excluding carboxylic acids is 1. The van der Waals surface area contributed by atoms with Crippen molar-refractivity contribution in [3.8, 4) is 0 Å². The van der Waals surface area contributed by atoms with Crippen LogP contribution in [0.3, 0.4) is 0 Å². The first-order valence-electron chi connectivity index (χ1n) is 8.57. The summed E-state index contributed by atoms with van der Waals surface area (Å²) in [6.45, 7) is 5.12. The maximum absolute atomic E-state index is 12.1. The zero-order chi connectivity index (χ0) is 15.7. The van der Waals surface area contributed by atoms with Gasteiger partial charge in [0.2, 0.25) is 5.91 Å². The Labute approximate surface area is 128 Å². The summed E-state index contributed by atoms with van der Waals surface area (Å²) in [4.78, 5) is 25.3. The lowest BCUT2D eigenvalue weighted by atomic mass is 9.84. The van der Waals surface area contributed by atoms with E-state index in [1.54, 1.807) is 4.90 Å². The van der Waals surface area contributed by atoms with E-state index in [1.165, 1.54) is 32.1 Å². The van der Waals surface area contributed by atoms with Crippen LogP contribution in [0.15, 0.2) is 0 Å². The average molecular weight is 297 g/mol. The summed E-state index contributed by atoms with van der Waals surface area (Å²) in [6, 6.07) is 0. The third kappa shape index (κ3) is 5.33. The zero-order valence-corrected chi connectivity index (χ0v) is 13.7. The Bertz CT molecular complexity index is 343. The Morgan fingerprint density at radius 3 is 2.19 bits per heavy atom. The van der Waals surface area contributed by atoms with Crippen LogP contribution in [0.2, 0.25) is 0 Å².